The van der Waals surface area contributed by atoms with Crippen LogP contribution in [0.1, 0.15) is 0 Å². The standard InChI is InChI=1S/C57H38N6SSi/c1-65(2)49-28-15-13-24-43(49)50-51(35-17-6-3-7-18-35)58-55(60-56(50)65)39-30-32-47-45(34-39)44-33-38(40-25-16-26-42-41-23-12-14-27-48(41)64-52(40)42)29-31-46(44)63(47)57-61-53(36-19-8-4-9-20-36)59-54(62-57)37-21-10-5-11-22-37/h3-34H,1-2H3. The minimum Gasteiger partial charge on any atom is -0.278 e. The summed E-state index contributed by atoms with van der Waals surface area (Å²) in [5.74, 6) is 2.50. The Morgan fingerprint density at radius 1 is 0.415 bits per heavy atom. The van der Waals surface area contributed by atoms with E-state index in [9.17, 15) is 0 Å². The van der Waals surface area contributed by atoms with Crippen LogP contribution in [0.25, 0.3) is 116 Å². The largest absolute Gasteiger partial charge is 0.278 e. The molecule has 13 rings (SSSR count). The monoisotopic (exact) mass is 866 g/mol. The van der Waals surface area contributed by atoms with Gasteiger partial charge in [-0.2, -0.15) is 9.97 Å². The van der Waals surface area contributed by atoms with Crippen LogP contribution in [0.2, 0.25) is 13.1 Å². The van der Waals surface area contributed by atoms with Gasteiger partial charge in [0.05, 0.1) is 16.7 Å². The topological polar surface area (TPSA) is 69.4 Å². The van der Waals surface area contributed by atoms with E-state index in [2.05, 4.69) is 175 Å². The van der Waals surface area contributed by atoms with Crippen molar-refractivity contribution in [2.45, 2.75) is 13.1 Å². The second-order valence-electron chi connectivity index (χ2n) is 17.3. The van der Waals surface area contributed by atoms with Gasteiger partial charge in [-0.25, -0.2) is 15.0 Å². The average Bonchev–Trinajstić information content (AvgIpc) is 3.99. The van der Waals surface area contributed by atoms with E-state index in [1.807, 2.05) is 47.7 Å². The van der Waals surface area contributed by atoms with E-state index in [4.69, 9.17) is 24.9 Å². The molecule has 5 heterocycles. The number of rotatable bonds is 6. The van der Waals surface area contributed by atoms with Gasteiger partial charge in [0.25, 0.3) is 0 Å². The van der Waals surface area contributed by atoms with Crippen molar-refractivity contribution in [1.29, 1.82) is 0 Å². The van der Waals surface area contributed by atoms with Crippen LogP contribution in [0, 0.1) is 0 Å². The first-order valence-corrected chi connectivity index (χ1v) is 25.7. The van der Waals surface area contributed by atoms with Gasteiger partial charge in [-0.1, -0.05) is 171 Å². The Labute approximate surface area is 380 Å². The predicted octanol–water partition coefficient (Wildman–Crippen LogP) is 13.3. The molecule has 4 aromatic heterocycles. The molecule has 65 heavy (non-hydrogen) atoms. The molecule has 12 aromatic rings. The summed E-state index contributed by atoms with van der Waals surface area (Å²) in [7, 11) is -2.17. The molecule has 8 heteroatoms. The molecule has 306 valence electrons. The Kier molecular flexibility index (Phi) is 8.43. The molecule has 0 amide bonds. The molecule has 0 spiro atoms. The van der Waals surface area contributed by atoms with Crippen molar-refractivity contribution in [2.75, 3.05) is 0 Å². The van der Waals surface area contributed by atoms with E-state index in [0.29, 0.717) is 17.6 Å². The maximum atomic E-state index is 5.55. The van der Waals surface area contributed by atoms with Crippen LogP contribution < -0.4 is 10.5 Å². The maximum absolute atomic E-state index is 5.55. The number of hydrogen-bond donors (Lipinski definition) is 0. The summed E-state index contributed by atoms with van der Waals surface area (Å²) in [4.78, 5) is 26.6. The molecule has 0 saturated heterocycles. The number of aromatic nitrogens is 6. The summed E-state index contributed by atoms with van der Waals surface area (Å²) in [6.07, 6.45) is 0. The zero-order valence-electron chi connectivity index (χ0n) is 35.6. The highest BCUT2D eigenvalue weighted by Gasteiger charge is 2.41. The highest BCUT2D eigenvalue weighted by molar-refractivity contribution is 7.26. The first-order valence-electron chi connectivity index (χ1n) is 21.9. The second-order valence-corrected chi connectivity index (χ2v) is 22.6. The van der Waals surface area contributed by atoms with Gasteiger partial charge in [0.2, 0.25) is 5.95 Å². The summed E-state index contributed by atoms with van der Waals surface area (Å²) in [5.41, 5.74) is 11.6. The van der Waals surface area contributed by atoms with Crippen molar-refractivity contribution in [3.8, 4) is 73.6 Å². The molecular weight excluding hydrogens is 829 g/mol. The number of fused-ring (bicyclic) bond motifs is 9. The summed E-state index contributed by atoms with van der Waals surface area (Å²) >= 11 is 1.85. The molecule has 8 aromatic carbocycles. The Bertz CT molecular complexity index is 3800. The molecule has 0 saturated carbocycles. The quantitative estimate of drug-likeness (QED) is 0.156. The van der Waals surface area contributed by atoms with E-state index in [0.717, 1.165) is 61.1 Å². The fourth-order valence-electron chi connectivity index (χ4n) is 9.89. The van der Waals surface area contributed by atoms with Crippen molar-refractivity contribution in [1.82, 2.24) is 29.5 Å². The lowest BCUT2D eigenvalue weighted by Gasteiger charge is -2.19. The van der Waals surface area contributed by atoms with Crippen molar-refractivity contribution in [3.05, 3.63) is 194 Å². The molecule has 0 fully saturated rings. The van der Waals surface area contributed by atoms with E-state index in [-0.39, 0.29) is 0 Å². The number of nitrogens with zero attached hydrogens (tertiary/aromatic N) is 6. The summed E-state index contributed by atoms with van der Waals surface area (Å²) in [5, 5.41) is 7.30. The van der Waals surface area contributed by atoms with Crippen molar-refractivity contribution in [2.24, 2.45) is 0 Å². The Balaban J connectivity index is 1.08. The summed E-state index contributed by atoms with van der Waals surface area (Å²) in [6.45, 7) is 4.83. The maximum Gasteiger partial charge on any atom is 0.238 e. The Morgan fingerprint density at radius 2 is 0.969 bits per heavy atom. The van der Waals surface area contributed by atoms with Crippen LogP contribution in [-0.2, 0) is 0 Å². The molecule has 1 aliphatic heterocycles. The van der Waals surface area contributed by atoms with Crippen LogP contribution in [0.3, 0.4) is 0 Å². The lowest BCUT2D eigenvalue weighted by Crippen LogP contribution is -2.50. The van der Waals surface area contributed by atoms with E-state index in [1.54, 1.807) is 0 Å². The third kappa shape index (κ3) is 5.95. The van der Waals surface area contributed by atoms with Crippen molar-refractivity contribution >= 4 is 71.9 Å². The summed E-state index contributed by atoms with van der Waals surface area (Å²) < 4.78 is 4.77. The first kappa shape index (κ1) is 37.6. The smallest absolute Gasteiger partial charge is 0.238 e. The van der Waals surface area contributed by atoms with Gasteiger partial charge in [-0.05, 0) is 58.3 Å². The predicted molar refractivity (Wildman–Crippen MR) is 272 cm³/mol. The second kappa shape index (κ2) is 14.6. The lowest BCUT2D eigenvalue weighted by molar-refractivity contribution is 0.953. The van der Waals surface area contributed by atoms with E-state index < -0.39 is 8.07 Å². The third-order valence-corrected chi connectivity index (χ3v) is 17.6. The summed E-state index contributed by atoms with van der Waals surface area (Å²) in [6, 6.07) is 68.6. The number of benzene rings is 8. The van der Waals surface area contributed by atoms with Crippen LogP contribution >= 0.6 is 11.3 Å². The van der Waals surface area contributed by atoms with Crippen LogP contribution in [-0.4, -0.2) is 37.6 Å². The average molecular weight is 867 g/mol. The highest BCUT2D eigenvalue weighted by atomic mass is 32.1. The fourth-order valence-corrected chi connectivity index (χ4v) is 14.0. The molecule has 0 aliphatic carbocycles. The molecule has 0 radical (unpaired) electrons. The highest BCUT2D eigenvalue weighted by Crippen LogP contribution is 2.43. The van der Waals surface area contributed by atoms with Gasteiger partial charge in [0.1, 0.15) is 8.07 Å². The fraction of sp³-hybridized carbons (Fsp3) is 0.0351. The molecule has 0 bridgehead atoms. The number of hydrogen-bond acceptors (Lipinski definition) is 6. The molecule has 6 nitrogen and oxygen atoms in total. The Hall–Kier alpha value is -7.91. The minimum atomic E-state index is -2.17. The van der Waals surface area contributed by atoms with Gasteiger partial charge in [-0.3, -0.25) is 4.57 Å². The van der Waals surface area contributed by atoms with Crippen LogP contribution in [0.15, 0.2) is 194 Å². The molecule has 1 aliphatic rings. The van der Waals surface area contributed by atoms with E-state index >= 15 is 0 Å². The zero-order chi connectivity index (χ0) is 43.2. The lowest BCUT2D eigenvalue weighted by atomic mass is 9.99. The first-order chi connectivity index (χ1) is 32.0. The Morgan fingerprint density at radius 3 is 1.68 bits per heavy atom. The molecule has 0 atom stereocenters. The van der Waals surface area contributed by atoms with Gasteiger partial charge in [0, 0.05) is 64.1 Å². The molecule has 0 N–H and O–H groups in total. The minimum absolute atomic E-state index is 0.551. The number of thiophene rings is 1. The van der Waals surface area contributed by atoms with Crippen molar-refractivity contribution in [3.63, 3.8) is 0 Å². The van der Waals surface area contributed by atoms with Gasteiger partial charge >= 0.3 is 0 Å². The molecular formula is C57H38N6SSi. The SMILES string of the molecule is C[Si]1(C)c2ccccc2-c2c(-c3ccccc3)nc(-c3ccc4c(c3)c3cc(-c5cccc6c5sc5ccccc56)ccc3n4-c3nc(-c4ccccc4)nc(-c4ccccc4)n3)nc21. The zero-order valence-corrected chi connectivity index (χ0v) is 37.4. The van der Waals surface area contributed by atoms with Gasteiger partial charge in [-0.15, -0.1) is 11.3 Å². The van der Waals surface area contributed by atoms with Crippen molar-refractivity contribution < 1.29 is 0 Å². The van der Waals surface area contributed by atoms with Gasteiger partial charge < -0.3 is 0 Å². The normalized spacial score (nSPS) is 12.9. The van der Waals surface area contributed by atoms with Crippen LogP contribution in [0.5, 0.6) is 0 Å². The van der Waals surface area contributed by atoms with E-state index in [1.165, 1.54) is 47.4 Å². The van der Waals surface area contributed by atoms with Crippen LogP contribution in [0.4, 0.5) is 0 Å². The molecule has 0 unspecified atom stereocenters. The van der Waals surface area contributed by atoms with Gasteiger partial charge in [0.15, 0.2) is 17.5 Å². The third-order valence-electron chi connectivity index (χ3n) is 13.0.